The van der Waals surface area contributed by atoms with Gasteiger partial charge in [0, 0.05) is 31.3 Å². The standard InChI is InChI=1S/C16H24N4O3/c1-18-16(21)12-7-8-13(15(9-12)20(22)23)19-14(10-17)11-5-3-2-4-6-11/h7-9,11,14,19H,2-6,10,17H2,1H3,(H,18,21). The van der Waals surface area contributed by atoms with Gasteiger partial charge in [0.1, 0.15) is 5.69 Å². The number of nitro groups is 1. The monoisotopic (exact) mass is 320 g/mol. The predicted octanol–water partition coefficient (Wildman–Crippen LogP) is 2.27. The zero-order valence-electron chi connectivity index (χ0n) is 13.4. The van der Waals surface area contributed by atoms with E-state index in [4.69, 9.17) is 5.73 Å². The molecule has 7 nitrogen and oxygen atoms in total. The van der Waals surface area contributed by atoms with E-state index in [9.17, 15) is 14.9 Å². The second-order valence-electron chi connectivity index (χ2n) is 5.95. The Kier molecular flexibility index (Phi) is 5.92. The third kappa shape index (κ3) is 4.19. The quantitative estimate of drug-likeness (QED) is 0.550. The molecule has 1 atom stereocenters. The van der Waals surface area contributed by atoms with E-state index in [0.717, 1.165) is 12.8 Å². The lowest BCUT2D eigenvalue weighted by Crippen LogP contribution is -2.37. The van der Waals surface area contributed by atoms with E-state index in [1.54, 1.807) is 12.1 Å². The van der Waals surface area contributed by atoms with Crippen molar-refractivity contribution in [3.63, 3.8) is 0 Å². The van der Waals surface area contributed by atoms with Gasteiger partial charge in [-0.15, -0.1) is 0 Å². The summed E-state index contributed by atoms with van der Waals surface area (Å²) >= 11 is 0. The zero-order valence-corrected chi connectivity index (χ0v) is 13.4. The van der Waals surface area contributed by atoms with Gasteiger partial charge in [-0.1, -0.05) is 19.3 Å². The molecule has 126 valence electrons. The molecule has 1 fully saturated rings. The first-order valence-corrected chi connectivity index (χ1v) is 8.04. The van der Waals surface area contributed by atoms with Crippen molar-refractivity contribution in [1.82, 2.24) is 5.32 Å². The number of carbonyl (C=O) groups excluding carboxylic acids is 1. The van der Waals surface area contributed by atoms with Crippen molar-refractivity contribution in [2.24, 2.45) is 11.7 Å². The summed E-state index contributed by atoms with van der Waals surface area (Å²) in [7, 11) is 1.49. The minimum Gasteiger partial charge on any atom is -0.375 e. The van der Waals surface area contributed by atoms with Crippen molar-refractivity contribution in [1.29, 1.82) is 0 Å². The summed E-state index contributed by atoms with van der Waals surface area (Å²) in [5.74, 6) is 0.0919. The van der Waals surface area contributed by atoms with Crippen molar-refractivity contribution in [2.45, 2.75) is 38.1 Å². The highest BCUT2D eigenvalue weighted by atomic mass is 16.6. The molecule has 1 aliphatic rings. The minimum absolute atomic E-state index is 0.0138. The van der Waals surface area contributed by atoms with Gasteiger partial charge in [-0.2, -0.15) is 0 Å². The molecule has 1 aliphatic carbocycles. The molecular weight excluding hydrogens is 296 g/mol. The van der Waals surface area contributed by atoms with Crippen LogP contribution in [0.15, 0.2) is 18.2 Å². The van der Waals surface area contributed by atoms with Crippen molar-refractivity contribution in [3.8, 4) is 0 Å². The van der Waals surface area contributed by atoms with Gasteiger partial charge in [-0.3, -0.25) is 14.9 Å². The summed E-state index contributed by atoms with van der Waals surface area (Å²) < 4.78 is 0. The van der Waals surface area contributed by atoms with E-state index in [-0.39, 0.29) is 23.2 Å². The Morgan fingerprint density at radius 2 is 2.09 bits per heavy atom. The number of hydrogen-bond acceptors (Lipinski definition) is 5. The Bertz CT molecular complexity index is 570. The Hall–Kier alpha value is -2.15. The van der Waals surface area contributed by atoms with Gasteiger partial charge in [0.25, 0.3) is 11.6 Å². The molecule has 0 radical (unpaired) electrons. The molecule has 23 heavy (non-hydrogen) atoms. The Labute approximate surface area is 135 Å². The summed E-state index contributed by atoms with van der Waals surface area (Å²) in [4.78, 5) is 22.5. The van der Waals surface area contributed by atoms with Crippen LogP contribution >= 0.6 is 0 Å². The third-order valence-corrected chi connectivity index (χ3v) is 4.50. The zero-order chi connectivity index (χ0) is 16.8. The summed E-state index contributed by atoms with van der Waals surface area (Å²) in [6.07, 6.45) is 5.80. The number of nitrogens with zero attached hydrogens (tertiary/aromatic N) is 1. The fourth-order valence-electron chi connectivity index (χ4n) is 3.20. The molecule has 2 rings (SSSR count). The van der Waals surface area contributed by atoms with Crippen LogP contribution in [0.25, 0.3) is 0 Å². The second kappa shape index (κ2) is 7.92. The van der Waals surface area contributed by atoms with Crippen LogP contribution < -0.4 is 16.4 Å². The number of nitrogens with two attached hydrogens (primary N) is 1. The van der Waals surface area contributed by atoms with Gasteiger partial charge < -0.3 is 16.4 Å². The van der Waals surface area contributed by atoms with Crippen LogP contribution in [0.5, 0.6) is 0 Å². The van der Waals surface area contributed by atoms with E-state index in [0.29, 0.717) is 18.2 Å². The minimum atomic E-state index is -0.469. The number of carbonyl (C=O) groups is 1. The van der Waals surface area contributed by atoms with Crippen LogP contribution in [0.3, 0.4) is 0 Å². The molecule has 1 aromatic carbocycles. The topological polar surface area (TPSA) is 110 Å². The lowest BCUT2D eigenvalue weighted by molar-refractivity contribution is -0.384. The lowest BCUT2D eigenvalue weighted by atomic mass is 9.83. The number of anilines is 1. The number of nitro benzene ring substituents is 1. The summed E-state index contributed by atoms with van der Waals surface area (Å²) in [6.45, 7) is 0.430. The predicted molar refractivity (Wildman–Crippen MR) is 89.5 cm³/mol. The molecule has 0 spiro atoms. The normalized spacial score (nSPS) is 16.6. The molecule has 0 aromatic heterocycles. The van der Waals surface area contributed by atoms with E-state index < -0.39 is 4.92 Å². The van der Waals surface area contributed by atoms with Crippen molar-refractivity contribution < 1.29 is 9.72 Å². The van der Waals surface area contributed by atoms with Gasteiger partial charge in [0.15, 0.2) is 0 Å². The average Bonchev–Trinajstić information content (AvgIpc) is 2.59. The van der Waals surface area contributed by atoms with Crippen LogP contribution in [0, 0.1) is 16.0 Å². The molecule has 1 unspecified atom stereocenters. The highest BCUT2D eigenvalue weighted by Gasteiger charge is 2.25. The fraction of sp³-hybridized carbons (Fsp3) is 0.562. The molecule has 1 amide bonds. The van der Waals surface area contributed by atoms with E-state index in [1.807, 2.05) is 0 Å². The maximum atomic E-state index is 11.7. The number of benzene rings is 1. The van der Waals surface area contributed by atoms with Gasteiger partial charge in [-0.05, 0) is 30.9 Å². The molecule has 1 aromatic rings. The van der Waals surface area contributed by atoms with Crippen LogP contribution in [0.2, 0.25) is 0 Å². The van der Waals surface area contributed by atoms with Gasteiger partial charge >= 0.3 is 0 Å². The third-order valence-electron chi connectivity index (χ3n) is 4.50. The lowest BCUT2D eigenvalue weighted by Gasteiger charge is -2.30. The maximum Gasteiger partial charge on any atom is 0.293 e. The molecule has 0 heterocycles. The van der Waals surface area contributed by atoms with E-state index in [1.165, 1.54) is 32.4 Å². The van der Waals surface area contributed by atoms with Crippen LogP contribution in [-0.2, 0) is 0 Å². The molecule has 0 aliphatic heterocycles. The summed E-state index contributed by atoms with van der Waals surface area (Å²) in [5.41, 5.74) is 6.47. The molecule has 0 saturated heterocycles. The number of nitrogens with one attached hydrogen (secondary N) is 2. The summed E-state index contributed by atoms with van der Waals surface area (Å²) in [6, 6.07) is 4.49. The largest absolute Gasteiger partial charge is 0.375 e. The van der Waals surface area contributed by atoms with Crippen LogP contribution in [0.4, 0.5) is 11.4 Å². The first kappa shape index (κ1) is 17.2. The first-order valence-electron chi connectivity index (χ1n) is 8.04. The fourth-order valence-corrected chi connectivity index (χ4v) is 3.20. The van der Waals surface area contributed by atoms with Crippen LogP contribution in [0.1, 0.15) is 42.5 Å². The Morgan fingerprint density at radius 1 is 1.39 bits per heavy atom. The van der Waals surface area contributed by atoms with Gasteiger partial charge in [-0.25, -0.2) is 0 Å². The highest BCUT2D eigenvalue weighted by molar-refractivity contribution is 5.95. The molecule has 7 heteroatoms. The van der Waals surface area contributed by atoms with Crippen molar-refractivity contribution >= 4 is 17.3 Å². The smallest absolute Gasteiger partial charge is 0.293 e. The first-order chi connectivity index (χ1) is 11.1. The van der Waals surface area contributed by atoms with Gasteiger partial charge in [0.05, 0.1) is 4.92 Å². The average molecular weight is 320 g/mol. The molecular formula is C16H24N4O3. The SMILES string of the molecule is CNC(=O)c1ccc(NC(CN)C2CCCCC2)c([N+](=O)[O-])c1. The maximum absolute atomic E-state index is 11.7. The highest BCUT2D eigenvalue weighted by Crippen LogP contribution is 2.31. The number of rotatable bonds is 6. The molecule has 4 N–H and O–H groups in total. The summed E-state index contributed by atoms with van der Waals surface area (Å²) in [5, 5.41) is 17.0. The van der Waals surface area contributed by atoms with Crippen molar-refractivity contribution in [2.75, 3.05) is 18.9 Å². The molecule has 0 bridgehead atoms. The van der Waals surface area contributed by atoms with Crippen LogP contribution in [-0.4, -0.2) is 30.5 Å². The van der Waals surface area contributed by atoms with E-state index in [2.05, 4.69) is 10.6 Å². The Morgan fingerprint density at radius 3 is 2.65 bits per heavy atom. The Balaban J connectivity index is 2.23. The van der Waals surface area contributed by atoms with Gasteiger partial charge in [0.2, 0.25) is 0 Å². The van der Waals surface area contributed by atoms with E-state index >= 15 is 0 Å². The second-order valence-corrected chi connectivity index (χ2v) is 5.95. The molecule has 1 saturated carbocycles. The van der Waals surface area contributed by atoms with Crippen molar-refractivity contribution in [3.05, 3.63) is 33.9 Å². The number of amides is 1. The number of hydrogen-bond donors (Lipinski definition) is 3.